The van der Waals surface area contributed by atoms with Crippen LogP contribution in [0.5, 0.6) is 0 Å². The molecule has 0 fully saturated rings. The molecule has 2 N–H and O–H groups in total. The summed E-state index contributed by atoms with van der Waals surface area (Å²) < 4.78 is 2.01. The zero-order valence-corrected chi connectivity index (χ0v) is 13.5. The standard InChI is InChI=1S/C18H15ClN2O3/c19-15-6-5-13(11-14(15)18(23)24)20-17(22)8-10-21-9-7-12-3-1-2-4-16(12)21/h1-7,9,11H,8,10H2,(H,20,22)(H,23,24). The molecule has 122 valence electrons. The lowest BCUT2D eigenvalue weighted by Crippen LogP contribution is -2.14. The van der Waals surface area contributed by atoms with Crippen LogP contribution < -0.4 is 5.32 Å². The average Bonchev–Trinajstić information content (AvgIpc) is 2.98. The topological polar surface area (TPSA) is 71.3 Å². The summed E-state index contributed by atoms with van der Waals surface area (Å²) in [6, 6.07) is 14.4. The summed E-state index contributed by atoms with van der Waals surface area (Å²) >= 11 is 5.82. The number of carbonyl (C=O) groups excluding carboxylic acids is 1. The molecule has 0 spiro atoms. The van der Waals surface area contributed by atoms with Gasteiger partial charge in [0.05, 0.1) is 10.6 Å². The Balaban J connectivity index is 1.66. The molecule has 0 unspecified atom stereocenters. The van der Waals surface area contributed by atoms with Crippen molar-refractivity contribution in [2.75, 3.05) is 5.32 Å². The van der Waals surface area contributed by atoms with Crippen molar-refractivity contribution < 1.29 is 14.7 Å². The molecule has 0 saturated heterocycles. The molecular weight excluding hydrogens is 328 g/mol. The van der Waals surface area contributed by atoms with Crippen molar-refractivity contribution in [2.45, 2.75) is 13.0 Å². The van der Waals surface area contributed by atoms with Crippen LogP contribution in [0.4, 0.5) is 5.69 Å². The first-order valence-corrected chi connectivity index (χ1v) is 7.79. The fourth-order valence-corrected chi connectivity index (χ4v) is 2.75. The number of para-hydroxylation sites is 1. The summed E-state index contributed by atoms with van der Waals surface area (Å²) in [7, 11) is 0. The summed E-state index contributed by atoms with van der Waals surface area (Å²) in [6.45, 7) is 0.540. The number of nitrogens with zero attached hydrogens (tertiary/aromatic N) is 1. The van der Waals surface area contributed by atoms with Crippen LogP contribution in [-0.4, -0.2) is 21.6 Å². The predicted molar refractivity (Wildman–Crippen MR) is 93.6 cm³/mol. The molecule has 3 aromatic rings. The van der Waals surface area contributed by atoms with Gasteiger partial charge in [-0.15, -0.1) is 0 Å². The minimum absolute atomic E-state index is 0.0362. The van der Waals surface area contributed by atoms with E-state index in [-0.39, 0.29) is 22.9 Å². The molecule has 1 aromatic heterocycles. The number of rotatable bonds is 5. The van der Waals surface area contributed by atoms with Crippen LogP contribution in [0.2, 0.25) is 5.02 Å². The molecule has 2 aromatic carbocycles. The lowest BCUT2D eigenvalue weighted by Gasteiger charge is -2.08. The SMILES string of the molecule is O=C(CCn1ccc2ccccc21)Nc1ccc(Cl)c(C(=O)O)c1. The van der Waals surface area contributed by atoms with Gasteiger partial charge >= 0.3 is 5.97 Å². The second-order valence-electron chi connectivity index (χ2n) is 5.37. The summed E-state index contributed by atoms with van der Waals surface area (Å²) in [5.74, 6) is -1.32. The lowest BCUT2D eigenvalue weighted by molar-refractivity contribution is -0.116. The largest absolute Gasteiger partial charge is 0.478 e. The molecule has 0 aliphatic heterocycles. The minimum Gasteiger partial charge on any atom is -0.478 e. The normalized spacial score (nSPS) is 10.7. The van der Waals surface area contributed by atoms with Gasteiger partial charge < -0.3 is 15.0 Å². The van der Waals surface area contributed by atoms with Crippen LogP contribution in [0, 0.1) is 0 Å². The zero-order valence-electron chi connectivity index (χ0n) is 12.7. The third kappa shape index (κ3) is 3.41. The van der Waals surface area contributed by atoms with E-state index in [2.05, 4.69) is 5.32 Å². The number of amides is 1. The molecule has 0 atom stereocenters. The smallest absolute Gasteiger partial charge is 0.337 e. The van der Waals surface area contributed by atoms with E-state index in [0.717, 1.165) is 10.9 Å². The fraction of sp³-hybridized carbons (Fsp3) is 0.111. The van der Waals surface area contributed by atoms with E-state index in [1.54, 1.807) is 6.07 Å². The third-order valence-electron chi connectivity index (χ3n) is 3.74. The van der Waals surface area contributed by atoms with E-state index < -0.39 is 5.97 Å². The molecule has 24 heavy (non-hydrogen) atoms. The number of anilines is 1. The number of nitrogens with one attached hydrogen (secondary N) is 1. The van der Waals surface area contributed by atoms with Crippen LogP contribution in [0.3, 0.4) is 0 Å². The monoisotopic (exact) mass is 342 g/mol. The number of benzene rings is 2. The maximum absolute atomic E-state index is 12.1. The van der Waals surface area contributed by atoms with E-state index in [1.165, 1.54) is 12.1 Å². The number of hydrogen-bond donors (Lipinski definition) is 2. The van der Waals surface area contributed by atoms with Gasteiger partial charge in [-0.1, -0.05) is 29.8 Å². The van der Waals surface area contributed by atoms with Crippen molar-refractivity contribution in [1.29, 1.82) is 0 Å². The van der Waals surface area contributed by atoms with Crippen LogP contribution in [0.15, 0.2) is 54.7 Å². The zero-order chi connectivity index (χ0) is 17.1. The Bertz CT molecular complexity index is 918. The van der Waals surface area contributed by atoms with Gasteiger partial charge in [0.25, 0.3) is 0 Å². The summed E-state index contributed by atoms with van der Waals surface area (Å²) in [4.78, 5) is 23.2. The number of aromatic nitrogens is 1. The van der Waals surface area contributed by atoms with Gasteiger partial charge in [0, 0.05) is 30.4 Å². The Morgan fingerprint density at radius 1 is 1.12 bits per heavy atom. The number of halogens is 1. The molecular formula is C18H15ClN2O3. The first-order valence-electron chi connectivity index (χ1n) is 7.41. The number of fused-ring (bicyclic) bond motifs is 1. The van der Waals surface area contributed by atoms with Gasteiger partial charge in [-0.3, -0.25) is 4.79 Å². The predicted octanol–water partition coefficient (Wildman–Crippen LogP) is 4.02. The maximum Gasteiger partial charge on any atom is 0.337 e. The van der Waals surface area contributed by atoms with Crippen molar-refractivity contribution in [1.82, 2.24) is 4.57 Å². The van der Waals surface area contributed by atoms with Gasteiger partial charge in [-0.25, -0.2) is 4.79 Å². The molecule has 0 bridgehead atoms. The Morgan fingerprint density at radius 3 is 2.71 bits per heavy atom. The van der Waals surface area contributed by atoms with Gasteiger partial charge in [0.2, 0.25) is 5.91 Å². The Morgan fingerprint density at radius 2 is 1.92 bits per heavy atom. The highest BCUT2D eigenvalue weighted by molar-refractivity contribution is 6.33. The van der Waals surface area contributed by atoms with Crippen LogP contribution in [0.1, 0.15) is 16.8 Å². The summed E-state index contributed by atoms with van der Waals surface area (Å²) in [5.41, 5.74) is 1.45. The Kier molecular flexibility index (Phi) is 4.53. The van der Waals surface area contributed by atoms with E-state index in [0.29, 0.717) is 12.2 Å². The van der Waals surface area contributed by atoms with Crippen molar-refractivity contribution in [3.8, 4) is 0 Å². The number of hydrogen-bond acceptors (Lipinski definition) is 2. The lowest BCUT2D eigenvalue weighted by atomic mass is 10.2. The summed E-state index contributed by atoms with van der Waals surface area (Å²) in [6.07, 6.45) is 2.23. The van der Waals surface area contributed by atoms with Gasteiger partial charge in [0.15, 0.2) is 0 Å². The number of carboxylic acid groups (broad SMARTS) is 1. The number of aryl methyl sites for hydroxylation is 1. The average molecular weight is 343 g/mol. The molecule has 0 radical (unpaired) electrons. The number of carbonyl (C=O) groups is 2. The van der Waals surface area contributed by atoms with Crippen LogP contribution in [-0.2, 0) is 11.3 Å². The number of carboxylic acids is 1. The quantitative estimate of drug-likeness (QED) is 0.735. The van der Waals surface area contributed by atoms with Gasteiger partial charge in [0.1, 0.15) is 0 Å². The first kappa shape index (κ1) is 16.1. The van der Waals surface area contributed by atoms with Gasteiger partial charge in [-0.05, 0) is 35.7 Å². The molecule has 1 heterocycles. The van der Waals surface area contributed by atoms with Crippen LogP contribution in [0.25, 0.3) is 10.9 Å². The highest BCUT2D eigenvalue weighted by Crippen LogP contribution is 2.21. The molecule has 0 saturated carbocycles. The first-order chi connectivity index (χ1) is 11.5. The molecule has 1 amide bonds. The third-order valence-corrected chi connectivity index (χ3v) is 4.07. The van der Waals surface area contributed by atoms with Crippen molar-refractivity contribution in [3.63, 3.8) is 0 Å². The summed E-state index contributed by atoms with van der Waals surface area (Å²) in [5, 5.41) is 13.0. The highest BCUT2D eigenvalue weighted by Gasteiger charge is 2.11. The van der Waals surface area contributed by atoms with E-state index in [9.17, 15) is 9.59 Å². The maximum atomic E-state index is 12.1. The highest BCUT2D eigenvalue weighted by atomic mass is 35.5. The Hall–Kier alpha value is -2.79. The Labute approximate surface area is 143 Å². The minimum atomic E-state index is -1.13. The van der Waals surface area contributed by atoms with Crippen molar-refractivity contribution in [2.24, 2.45) is 0 Å². The molecule has 0 aliphatic rings. The van der Waals surface area contributed by atoms with Gasteiger partial charge in [-0.2, -0.15) is 0 Å². The van der Waals surface area contributed by atoms with Crippen molar-refractivity contribution >= 4 is 40.1 Å². The molecule has 6 heteroatoms. The van der Waals surface area contributed by atoms with Crippen LogP contribution >= 0.6 is 11.6 Å². The molecule has 5 nitrogen and oxygen atoms in total. The fourth-order valence-electron chi connectivity index (χ4n) is 2.55. The van der Waals surface area contributed by atoms with E-state index >= 15 is 0 Å². The molecule has 0 aliphatic carbocycles. The second kappa shape index (κ2) is 6.76. The molecule has 3 rings (SSSR count). The van der Waals surface area contributed by atoms with E-state index in [4.69, 9.17) is 16.7 Å². The van der Waals surface area contributed by atoms with Crippen molar-refractivity contribution in [3.05, 3.63) is 65.3 Å². The second-order valence-corrected chi connectivity index (χ2v) is 5.77. The van der Waals surface area contributed by atoms with E-state index in [1.807, 2.05) is 41.1 Å². The number of aromatic carboxylic acids is 1.